The Hall–Kier alpha value is -4.31. The summed E-state index contributed by atoms with van der Waals surface area (Å²) in [7, 11) is 4.86. The molecule has 2 aromatic carbocycles. The number of nitrogens with zero attached hydrogens (tertiary/aromatic N) is 4. The van der Waals surface area contributed by atoms with Gasteiger partial charge in [0.25, 0.3) is 5.56 Å². The molecule has 31 heavy (non-hydrogen) atoms. The first kappa shape index (κ1) is 20.0. The molecule has 0 bridgehead atoms. The number of pyridine rings is 1. The molecule has 0 aliphatic heterocycles. The predicted molar refractivity (Wildman–Crippen MR) is 117 cm³/mol. The molecule has 4 aromatic rings. The third kappa shape index (κ3) is 3.67. The van der Waals surface area contributed by atoms with Crippen molar-refractivity contribution in [1.29, 1.82) is 5.26 Å². The maximum atomic E-state index is 12.4. The molecule has 0 radical (unpaired) electrons. The Bertz CT molecular complexity index is 1360. The van der Waals surface area contributed by atoms with Gasteiger partial charge in [0.05, 0.1) is 31.7 Å². The van der Waals surface area contributed by atoms with Crippen LogP contribution in [0.15, 0.2) is 71.9 Å². The number of nitriles is 1. The second-order valence-electron chi connectivity index (χ2n) is 6.92. The Morgan fingerprint density at radius 2 is 1.71 bits per heavy atom. The minimum Gasteiger partial charge on any atom is -0.493 e. The second kappa shape index (κ2) is 8.20. The Labute approximate surface area is 179 Å². The van der Waals surface area contributed by atoms with Crippen LogP contribution in [0.4, 0.5) is 0 Å². The first-order chi connectivity index (χ1) is 15.0. The Morgan fingerprint density at radius 1 is 0.935 bits per heavy atom. The lowest BCUT2D eigenvalue weighted by Crippen LogP contribution is -2.15. The van der Waals surface area contributed by atoms with Crippen molar-refractivity contribution in [2.45, 2.75) is 0 Å². The van der Waals surface area contributed by atoms with Crippen LogP contribution in [0.25, 0.3) is 27.9 Å². The fraction of sp³-hybridized carbons (Fsp3) is 0.125. The number of benzene rings is 2. The lowest BCUT2D eigenvalue weighted by atomic mass is 9.98. The Kier molecular flexibility index (Phi) is 5.29. The lowest BCUT2D eigenvalue weighted by Gasteiger charge is -2.13. The third-order valence-corrected chi connectivity index (χ3v) is 5.09. The van der Waals surface area contributed by atoms with E-state index < -0.39 is 0 Å². The van der Waals surface area contributed by atoms with Gasteiger partial charge in [0.2, 0.25) is 0 Å². The average molecular weight is 412 g/mol. The van der Waals surface area contributed by atoms with Crippen LogP contribution in [0.3, 0.4) is 0 Å². The standard InChI is InChI=1S/C24H20N4O3/c1-27-15-20(18-13-26-28(14-18)21-7-5-4-6-17(21)12-25)19(11-24(27)29)16-8-9-22(30-2)23(10-16)31-3/h4-11,13-15H,1-3H3. The van der Waals surface area contributed by atoms with Crippen molar-refractivity contribution in [3.05, 3.63) is 83.0 Å². The molecular weight excluding hydrogens is 392 g/mol. The molecule has 0 unspecified atom stereocenters. The summed E-state index contributed by atoms with van der Waals surface area (Å²) in [4.78, 5) is 12.4. The van der Waals surface area contributed by atoms with E-state index in [0.29, 0.717) is 22.7 Å². The zero-order valence-electron chi connectivity index (χ0n) is 17.4. The van der Waals surface area contributed by atoms with Crippen LogP contribution in [0.5, 0.6) is 11.5 Å². The maximum Gasteiger partial charge on any atom is 0.250 e. The number of methoxy groups -OCH3 is 2. The van der Waals surface area contributed by atoms with Gasteiger partial charge in [0.1, 0.15) is 6.07 Å². The van der Waals surface area contributed by atoms with Crippen molar-refractivity contribution in [2.24, 2.45) is 7.05 Å². The van der Waals surface area contributed by atoms with E-state index >= 15 is 0 Å². The van der Waals surface area contributed by atoms with Gasteiger partial charge in [-0.2, -0.15) is 10.4 Å². The van der Waals surface area contributed by atoms with E-state index in [2.05, 4.69) is 11.2 Å². The highest BCUT2D eigenvalue weighted by atomic mass is 16.5. The van der Waals surface area contributed by atoms with E-state index in [1.807, 2.05) is 42.6 Å². The van der Waals surface area contributed by atoms with Crippen LogP contribution in [-0.2, 0) is 7.05 Å². The van der Waals surface area contributed by atoms with Crippen LogP contribution in [0, 0.1) is 11.3 Å². The first-order valence-electron chi connectivity index (χ1n) is 9.53. The van der Waals surface area contributed by atoms with Gasteiger partial charge in [-0.1, -0.05) is 18.2 Å². The van der Waals surface area contributed by atoms with E-state index in [1.165, 1.54) is 4.57 Å². The quantitative estimate of drug-likeness (QED) is 0.498. The fourth-order valence-electron chi connectivity index (χ4n) is 3.46. The van der Waals surface area contributed by atoms with Crippen molar-refractivity contribution in [3.63, 3.8) is 0 Å². The Balaban J connectivity index is 1.88. The van der Waals surface area contributed by atoms with Crippen molar-refractivity contribution in [3.8, 4) is 45.5 Å². The van der Waals surface area contributed by atoms with Crippen LogP contribution in [0.1, 0.15) is 5.56 Å². The van der Waals surface area contributed by atoms with Gasteiger partial charge in [0, 0.05) is 36.6 Å². The van der Waals surface area contributed by atoms with Gasteiger partial charge in [-0.25, -0.2) is 4.68 Å². The smallest absolute Gasteiger partial charge is 0.250 e. The summed E-state index contributed by atoms with van der Waals surface area (Å²) < 4.78 is 14.0. The molecule has 7 nitrogen and oxygen atoms in total. The zero-order valence-corrected chi connectivity index (χ0v) is 17.4. The van der Waals surface area contributed by atoms with Crippen LogP contribution in [-0.4, -0.2) is 28.6 Å². The molecule has 0 saturated heterocycles. The van der Waals surface area contributed by atoms with E-state index in [9.17, 15) is 10.1 Å². The number of hydrogen-bond donors (Lipinski definition) is 0. The minimum absolute atomic E-state index is 0.129. The summed E-state index contributed by atoms with van der Waals surface area (Å²) in [6.45, 7) is 0. The first-order valence-corrected chi connectivity index (χ1v) is 9.53. The maximum absolute atomic E-state index is 12.4. The molecule has 0 saturated carbocycles. The van der Waals surface area contributed by atoms with Gasteiger partial charge in [-0.05, 0) is 35.4 Å². The highest BCUT2D eigenvalue weighted by Crippen LogP contribution is 2.36. The summed E-state index contributed by atoms with van der Waals surface area (Å²) in [5.41, 5.74) is 4.29. The van der Waals surface area contributed by atoms with E-state index in [4.69, 9.17) is 9.47 Å². The number of aromatic nitrogens is 3. The topological polar surface area (TPSA) is 82.1 Å². The monoisotopic (exact) mass is 412 g/mol. The number of ether oxygens (including phenoxy) is 2. The highest BCUT2D eigenvalue weighted by molar-refractivity contribution is 5.83. The third-order valence-electron chi connectivity index (χ3n) is 5.09. The number of aryl methyl sites for hydroxylation is 1. The molecule has 0 aliphatic rings. The predicted octanol–water partition coefficient (Wildman–Crippen LogP) is 3.79. The molecule has 2 heterocycles. The highest BCUT2D eigenvalue weighted by Gasteiger charge is 2.15. The summed E-state index contributed by atoms with van der Waals surface area (Å²) >= 11 is 0. The van der Waals surface area contributed by atoms with Crippen molar-refractivity contribution in [2.75, 3.05) is 14.2 Å². The van der Waals surface area contributed by atoms with Crippen LogP contribution in [0.2, 0.25) is 0 Å². The summed E-state index contributed by atoms with van der Waals surface area (Å²) in [6, 6.07) is 16.6. The molecule has 154 valence electrons. The van der Waals surface area contributed by atoms with Crippen molar-refractivity contribution in [1.82, 2.24) is 14.3 Å². The Morgan fingerprint density at radius 3 is 2.45 bits per heavy atom. The zero-order chi connectivity index (χ0) is 22.0. The van der Waals surface area contributed by atoms with E-state index in [-0.39, 0.29) is 5.56 Å². The SMILES string of the molecule is COc1ccc(-c2cc(=O)n(C)cc2-c2cnn(-c3ccccc3C#N)c2)cc1OC. The summed E-state index contributed by atoms with van der Waals surface area (Å²) in [5.74, 6) is 1.18. The molecule has 0 amide bonds. The van der Waals surface area contributed by atoms with Gasteiger partial charge in [-0.3, -0.25) is 4.79 Å². The van der Waals surface area contributed by atoms with Gasteiger partial charge in [-0.15, -0.1) is 0 Å². The normalized spacial score (nSPS) is 10.5. The van der Waals surface area contributed by atoms with Crippen molar-refractivity contribution < 1.29 is 9.47 Å². The largest absolute Gasteiger partial charge is 0.493 e. The molecule has 0 fully saturated rings. The fourth-order valence-corrected chi connectivity index (χ4v) is 3.46. The number of para-hydroxylation sites is 1. The molecule has 0 aliphatic carbocycles. The van der Waals surface area contributed by atoms with Crippen LogP contribution >= 0.6 is 0 Å². The molecule has 0 spiro atoms. The second-order valence-corrected chi connectivity index (χ2v) is 6.92. The number of hydrogen-bond acceptors (Lipinski definition) is 5. The summed E-state index contributed by atoms with van der Waals surface area (Å²) in [5, 5.41) is 13.9. The van der Waals surface area contributed by atoms with Gasteiger partial charge < -0.3 is 14.0 Å². The molecule has 0 N–H and O–H groups in total. The van der Waals surface area contributed by atoms with Gasteiger partial charge in [0.15, 0.2) is 11.5 Å². The summed E-state index contributed by atoms with van der Waals surface area (Å²) in [6.07, 6.45) is 5.35. The molecule has 7 heteroatoms. The average Bonchev–Trinajstić information content (AvgIpc) is 3.30. The van der Waals surface area contributed by atoms with E-state index in [1.54, 1.807) is 50.5 Å². The molecule has 4 rings (SSSR count). The minimum atomic E-state index is -0.129. The van der Waals surface area contributed by atoms with E-state index in [0.717, 1.165) is 22.3 Å². The molecule has 0 atom stereocenters. The lowest BCUT2D eigenvalue weighted by molar-refractivity contribution is 0.355. The van der Waals surface area contributed by atoms with Gasteiger partial charge >= 0.3 is 0 Å². The molecular formula is C24H20N4O3. The van der Waals surface area contributed by atoms with Crippen molar-refractivity contribution >= 4 is 0 Å². The number of rotatable bonds is 5. The van der Waals surface area contributed by atoms with Crippen LogP contribution < -0.4 is 15.0 Å². The molecule has 2 aromatic heterocycles.